The Kier molecular flexibility index (Phi) is 6.26. The highest BCUT2D eigenvalue weighted by atomic mass is 16.5. The van der Waals surface area contributed by atoms with Gasteiger partial charge in [0.15, 0.2) is 0 Å². The van der Waals surface area contributed by atoms with Gasteiger partial charge in [-0.3, -0.25) is 14.6 Å². The molecule has 0 amide bonds. The van der Waals surface area contributed by atoms with Gasteiger partial charge in [-0.05, 0) is 38.6 Å². The number of carbonyl (C=O) groups excluding carboxylic acids is 1. The van der Waals surface area contributed by atoms with Crippen LogP contribution in [0.1, 0.15) is 24.8 Å². The van der Waals surface area contributed by atoms with Crippen molar-refractivity contribution in [2.24, 2.45) is 0 Å². The van der Waals surface area contributed by atoms with Crippen LogP contribution in [0.4, 0.5) is 0 Å². The van der Waals surface area contributed by atoms with Crippen LogP contribution in [0.15, 0.2) is 30.6 Å². The van der Waals surface area contributed by atoms with Crippen LogP contribution in [0, 0.1) is 0 Å². The van der Waals surface area contributed by atoms with E-state index < -0.39 is 11.9 Å². The molecule has 0 unspecified atom stereocenters. The number of carboxylic acid groups (broad SMARTS) is 1. The summed E-state index contributed by atoms with van der Waals surface area (Å²) < 4.78 is 5.48. The number of rotatable bonds is 8. The molecule has 2 rings (SSSR count). The molecule has 2 aromatic rings. The van der Waals surface area contributed by atoms with Gasteiger partial charge in [0.25, 0.3) is 0 Å². The molecule has 1 N–H and O–H groups in total. The Labute approximate surface area is 141 Å². The van der Waals surface area contributed by atoms with Crippen LogP contribution in [-0.4, -0.2) is 47.6 Å². The van der Waals surface area contributed by atoms with Crippen LogP contribution in [-0.2, 0) is 16.0 Å². The third kappa shape index (κ3) is 5.03. The van der Waals surface area contributed by atoms with Crippen molar-refractivity contribution in [3.05, 3.63) is 36.2 Å². The van der Waals surface area contributed by atoms with Gasteiger partial charge in [-0.2, -0.15) is 0 Å². The van der Waals surface area contributed by atoms with Crippen molar-refractivity contribution in [1.82, 2.24) is 9.88 Å². The summed E-state index contributed by atoms with van der Waals surface area (Å²) in [5, 5.41) is 10.4. The number of carboxylic acids is 1. The molecule has 0 radical (unpaired) electrons. The van der Waals surface area contributed by atoms with Crippen LogP contribution in [0.3, 0.4) is 0 Å². The van der Waals surface area contributed by atoms with E-state index >= 15 is 0 Å². The normalized spacial score (nSPS) is 11.0. The summed E-state index contributed by atoms with van der Waals surface area (Å²) in [5.74, 6) is -0.826. The molecule has 128 valence electrons. The topological polar surface area (TPSA) is 79.7 Å². The first-order chi connectivity index (χ1) is 11.5. The molecule has 0 atom stereocenters. The molecule has 0 aliphatic heterocycles. The molecule has 0 aliphatic rings. The molecular formula is C18H22N2O4. The van der Waals surface area contributed by atoms with Crippen LogP contribution in [0.25, 0.3) is 10.8 Å². The predicted molar refractivity (Wildman–Crippen MR) is 91.1 cm³/mol. The Morgan fingerprint density at radius 3 is 2.71 bits per heavy atom. The number of aromatic nitrogens is 1. The summed E-state index contributed by atoms with van der Waals surface area (Å²) >= 11 is 0. The number of pyridine rings is 1. The highest BCUT2D eigenvalue weighted by Gasteiger charge is 2.12. The highest BCUT2D eigenvalue weighted by Crippen LogP contribution is 2.29. The molecule has 0 saturated carbocycles. The van der Waals surface area contributed by atoms with E-state index in [0.29, 0.717) is 5.75 Å². The summed E-state index contributed by atoms with van der Waals surface area (Å²) in [6.45, 7) is 0.863. The number of esters is 1. The average molecular weight is 330 g/mol. The summed E-state index contributed by atoms with van der Waals surface area (Å²) in [7, 11) is 4.00. The van der Waals surface area contributed by atoms with Gasteiger partial charge in [0, 0.05) is 42.6 Å². The lowest BCUT2D eigenvalue weighted by molar-refractivity contribution is -0.137. The van der Waals surface area contributed by atoms with Crippen molar-refractivity contribution in [1.29, 1.82) is 0 Å². The van der Waals surface area contributed by atoms with E-state index in [2.05, 4.69) is 9.88 Å². The largest absolute Gasteiger partial charge is 0.481 e. The van der Waals surface area contributed by atoms with Crippen molar-refractivity contribution in [3.8, 4) is 5.75 Å². The number of benzene rings is 1. The maximum absolute atomic E-state index is 12.0. The minimum atomic E-state index is -0.912. The second-order valence-electron chi connectivity index (χ2n) is 5.93. The van der Waals surface area contributed by atoms with E-state index in [1.807, 2.05) is 26.2 Å². The minimum Gasteiger partial charge on any atom is -0.481 e. The van der Waals surface area contributed by atoms with Crippen molar-refractivity contribution in [2.75, 3.05) is 20.6 Å². The Balaban J connectivity index is 2.19. The van der Waals surface area contributed by atoms with Gasteiger partial charge in [-0.1, -0.05) is 12.1 Å². The van der Waals surface area contributed by atoms with Gasteiger partial charge in [-0.15, -0.1) is 0 Å². The number of hydrogen-bond donors (Lipinski definition) is 1. The second kappa shape index (κ2) is 8.40. The molecule has 6 heteroatoms. The molecule has 1 heterocycles. The molecule has 0 spiro atoms. The maximum atomic E-state index is 12.0. The molecule has 6 nitrogen and oxygen atoms in total. The predicted octanol–water partition coefficient (Wildman–Crippen LogP) is 2.50. The molecular weight excluding hydrogens is 308 g/mol. The van der Waals surface area contributed by atoms with E-state index in [1.165, 1.54) is 0 Å². The molecule has 0 fully saturated rings. The maximum Gasteiger partial charge on any atom is 0.311 e. The minimum absolute atomic E-state index is 0.0390. The van der Waals surface area contributed by atoms with E-state index in [9.17, 15) is 9.59 Å². The van der Waals surface area contributed by atoms with Gasteiger partial charge >= 0.3 is 11.9 Å². The lowest BCUT2D eigenvalue weighted by Gasteiger charge is -2.13. The van der Waals surface area contributed by atoms with Crippen molar-refractivity contribution >= 4 is 22.7 Å². The summed E-state index contributed by atoms with van der Waals surface area (Å²) in [6, 6.07) is 5.51. The average Bonchev–Trinajstić information content (AvgIpc) is 2.52. The highest BCUT2D eigenvalue weighted by molar-refractivity contribution is 5.92. The summed E-state index contributed by atoms with van der Waals surface area (Å²) in [4.78, 5) is 28.8. The monoisotopic (exact) mass is 330 g/mol. The van der Waals surface area contributed by atoms with Crippen LogP contribution in [0.2, 0.25) is 0 Å². The first-order valence-corrected chi connectivity index (χ1v) is 7.90. The number of ether oxygens (including phenoxy) is 1. The molecule has 0 saturated heterocycles. The molecule has 1 aromatic heterocycles. The number of nitrogens with zero attached hydrogens (tertiary/aromatic N) is 2. The fourth-order valence-corrected chi connectivity index (χ4v) is 2.45. The first kappa shape index (κ1) is 17.9. The van der Waals surface area contributed by atoms with Gasteiger partial charge in [0.2, 0.25) is 0 Å². The summed E-state index contributed by atoms with van der Waals surface area (Å²) in [6.07, 6.45) is 4.66. The number of likely N-dealkylation sites (N-methyl/N-ethyl adjacent to an activating group) is 1. The smallest absolute Gasteiger partial charge is 0.311 e. The van der Waals surface area contributed by atoms with Crippen LogP contribution >= 0.6 is 0 Å². The Morgan fingerprint density at radius 1 is 1.21 bits per heavy atom. The fraction of sp³-hybridized carbons (Fsp3) is 0.389. The van der Waals surface area contributed by atoms with E-state index in [-0.39, 0.29) is 19.3 Å². The van der Waals surface area contributed by atoms with Gasteiger partial charge in [0.1, 0.15) is 5.75 Å². The van der Waals surface area contributed by atoms with Crippen LogP contribution in [0.5, 0.6) is 5.75 Å². The number of carbonyl (C=O) groups is 2. The van der Waals surface area contributed by atoms with Gasteiger partial charge in [-0.25, -0.2) is 0 Å². The summed E-state index contributed by atoms with van der Waals surface area (Å²) in [5.41, 5.74) is 1.02. The standard InChI is InChI=1S/C18H22N2O4/c1-20(2)10-9-14-12-19-11-13-5-3-6-15(18(13)14)24-17(23)8-4-7-16(21)22/h3,5-6,11-12H,4,7-10H2,1-2H3,(H,21,22). The van der Waals surface area contributed by atoms with Crippen LogP contribution < -0.4 is 4.74 Å². The van der Waals surface area contributed by atoms with E-state index in [1.54, 1.807) is 18.5 Å². The van der Waals surface area contributed by atoms with Crippen molar-refractivity contribution < 1.29 is 19.4 Å². The van der Waals surface area contributed by atoms with Gasteiger partial charge in [0.05, 0.1) is 0 Å². The number of fused-ring (bicyclic) bond motifs is 1. The second-order valence-corrected chi connectivity index (χ2v) is 5.93. The Morgan fingerprint density at radius 2 is 2.00 bits per heavy atom. The Bertz CT molecular complexity index is 723. The Hall–Kier alpha value is -2.47. The van der Waals surface area contributed by atoms with E-state index in [4.69, 9.17) is 9.84 Å². The zero-order chi connectivity index (χ0) is 17.5. The van der Waals surface area contributed by atoms with Crippen molar-refractivity contribution in [3.63, 3.8) is 0 Å². The van der Waals surface area contributed by atoms with Gasteiger partial charge < -0.3 is 14.7 Å². The number of hydrogen-bond acceptors (Lipinski definition) is 5. The third-order valence-corrected chi connectivity index (χ3v) is 3.65. The third-order valence-electron chi connectivity index (χ3n) is 3.65. The lowest BCUT2D eigenvalue weighted by atomic mass is 10.0. The number of aliphatic carboxylic acids is 1. The first-order valence-electron chi connectivity index (χ1n) is 7.90. The zero-order valence-corrected chi connectivity index (χ0v) is 14.0. The van der Waals surface area contributed by atoms with Crippen molar-refractivity contribution in [2.45, 2.75) is 25.7 Å². The lowest BCUT2D eigenvalue weighted by Crippen LogP contribution is -2.15. The molecule has 24 heavy (non-hydrogen) atoms. The fourth-order valence-electron chi connectivity index (χ4n) is 2.45. The SMILES string of the molecule is CN(C)CCc1cncc2cccc(OC(=O)CCCC(=O)O)c12. The molecule has 0 aliphatic carbocycles. The molecule has 0 bridgehead atoms. The molecule has 1 aromatic carbocycles. The quantitative estimate of drug-likeness (QED) is 0.592. The zero-order valence-electron chi connectivity index (χ0n) is 14.0. The van der Waals surface area contributed by atoms with E-state index in [0.717, 1.165) is 29.3 Å².